The first-order chi connectivity index (χ1) is 9.46. The van der Waals surface area contributed by atoms with Crippen molar-refractivity contribution in [1.82, 2.24) is 10.2 Å². The van der Waals surface area contributed by atoms with Gasteiger partial charge in [-0.05, 0) is 43.1 Å². The molecule has 0 aromatic heterocycles. The Morgan fingerprint density at radius 1 is 1.40 bits per heavy atom. The number of nitrogens with one attached hydrogen (secondary N) is 1. The molecule has 3 amide bonds. The molecule has 6 nitrogen and oxygen atoms in total. The highest BCUT2D eigenvalue weighted by atomic mass is 16.5. The Balaban J connectivity index is 2.52. The lowest BCUT2D eigenvalue weighted by molar-refractivity contribution is -0.130. The SMILES string of the molecule is COc1ccc(C2(CCN)NC(=O)N(C)C2=O)cc1C. The number of benzene rings is 1. The third-order valence-corrected chi connectivity index (χ3v) is 3.70. The number of hydrogen-bond acceptors (Lipinski definition) is 4. The highest BCUT2D eigenvalue weighted by Gasteiger charge is 2.50. The maximum Gasteiger partial charge on any atom is 0.325 e. The Hall–Kier alpha value is -2.08. The van der Waals surface area contributed by atoms with Gasteiger partial charge in [-0.1, -0.05) is 6.07 Å². The zero-order valence-electron chi connectivity index (χ0n) is 11.9. The number of amides is 3. The Morgan fingerprint density at radius 3 is 2.55 bits per heavy atom. The van der Waals surface area contributed by atoms with Crippen molar-refractivity contribution in [3.8, 4) is 5.75 Å². The minimum atomic E-state index is -1.07. The number of nitrogens with zero attached hydrogens (tertiary/aromatic N) is 1. The number of aryl methyl sites for hydroxylation is 1. The molecule has 1 heterocycles. The lowest BCUT2D eigenvalue weighted by Gasteiger charge is -2.27. The summed E-state index contributed by atoms with van der Waals surface area (Å²) in [5, 5.41) is 2.77. The van der Waals surface area contributed by atoms with E-state index in [1.807, 2.05) is 13.0 Å². The zero-order chi connectivity index (χ0) is 14.9. The number of hydrogen-bond donors (Lipinski definition) is 2. The van der Waals surface area contributed by atoms with Crippen molar-refractivity contribution in [3.63, 3.8) is 0 Å². The molecular formula is C14H19N3O3. The molecule has 1 aromatic carbocycles. The molecule has 108 valence electrons. The first-order valence-electron chi connectivity index (χ1n) is 6.41. The second kappa shape index (κ2) is 5.13. The summed E-state index contributed by atoms with van der Waals surface area (Å²) >= 11 is 0. The number of methoxy groups -OCH3 is 1. The monoisotopic (exact) mass is 277 g/mol. The van der Waals surface area contributed by atoms with Gasteiger partial charge in [0.05, 0.1) is 7.11 Å². The summed E-state index contributed by atoms with van der Waals surface area (Å²) in [6.07, 6.45) is 0.355. The molecule has 0 aliphatic carbocycles. The van der Waals surface area contributed by atoms with Gasteiger partial charge in [-0.25, -0.2) is 4.79 Å². The van der Waals surface area contributed by atoms with E-state index in [0.717, 1.165) is 21.8 Å². The van der Waals surface area contributed by atoms with Crippen molar-refractivity contribution in [3.05, 3.63) is 29.3 Å². The molecule has 2 rings (SSSR count). The van der Waals surface area contributed by atoms with E-state index in [1.54, 1.807) is 19.2 Å². The van der Waals surface area contributed by atoms with Crippen molar-refractivity contribution >= 4 is 11.9 Å². The summed E-state index contributed by atoms with van der Waals surface area (Å²) in [5.41, 5.74) is 6.19. The van der Waals surface area contributed by atoms with Gasteiger partial charge in [0, 0.05) is 7.05 Å². The van der Waals surface area contributed by atoms with Gasteiger partial charge in [0.25, 0.3) is 5.91 Å². The van der Waals surface area contributed by atoms with Crippen molar-refractivity contribution in [1.29, 1.82) is 0 Å². The summed E-state index contributed by atoms with van der Waals surface area (Å²) in [6, 6.07) is 5.03. The molecule has 0 spiro atoms. The van der Waals surface area contributed by atoms with E-state index >= 15 is 0 Å². The molecule has 0 saturated carbocycles. The van der Waals surface area contributed by atoms with Crippen LogP contribution in [0.15, 0.2) is 18.2 Å². The van der Waals surface area contributed by atoms with Crippen LogP contribution in [0.5, 0.6) is 5.75 Å². The molecule has 1 aliphatic heterocycles. The molecule has 1 unspecified atom stereocenters. The highest BCUT2D eigenvalue weighted by Crippen LogP contribution is 2.33. The van der Waals surface area contributed by atoms with Crippen molar-refractivity contribution < 1.29 is 14.3 Å². The van der Waals surface area contributed by atoms with Crippen LogP contribution < -0.4 is 15.8 Å². The normalized spacial score (nSPS) is 22.1. The Kier molecular flexibility index (Phi) is 3.67. The van der Waals surface area contributed by atoms with Gasteiger partial charge in [-0.2, -0.15) is 0 Å². The topological polar surface area (TPSA) is 84.7 Å². The largest absolute Gasteiger partial charge is 0.496 e. The molecule has 1 fully saturated rings. The summed E-state index contributed by atoms with van der Waals surface area (Å²) in [4.78, 5) is 25.3. The van der Waals surface area contributed by atoms with E-state index in [-0.39, 0.29) is 5.91 Å². The smallest absolute Gasteiger partial charge is 0.325 e. The summed E-state index contributed by atoms with van der Waals surface area (Å²) < 4.78 is 5.22. The maximum absolute atomic E-state index is 12.4. The van der Waals surface area contributed by atoms with Crippen molar-refractivity contribution in [2.45, 2.75) is 18.9 Å². The number of ether oxygens (including phenoxy) is 1. The number of likely N-dealkylation sites (N-methyl/N-ethyl adjacent to an activating group) is 1. The van der Waals surface area contributed by atoms with Crippen LogP contribution in [0, 0.1) is 6.92 Å². The van der Waals surface area contributed by atoms with E-state index in [1.165, 1.54) is 7.05 Å². The van der Waals surface area contributed by atoms with Gasteiger partial charge in [0.15, 0.2) is 0 Å². The van der Waals surface area contributed by atoms with Crippen LogP contribution in [-0.4, -0.2) is 37.5 Å². The van der Waals surface area contributed by atoms with E-state index in [2.05, 4.69) is 5.32 Å². The van der Waals surface area contributed by atoms with Crippen molar-refractivity contribution in [2.75, 3.05) is 20.7 Å². The lowest BCUT2D eigenvalue weighted by Crippen LogP contribution is -2.45. The van der Waals surface area contributed by atoms with E-state index in [0.29, 0.717) is 13.0 Å². The Labute approximate surface area is 117 Å². The van der Waals surface area contributed by atoms with E-state index in [9.17, 15) is 9.59 Å². The van der Waals surface area contributed by atoms with Crippen LogP contribution in [0.1, 0.15) is 17.5 Å². The number of rotatable bonds is 4. The third kappa shape index (κ3) is 2.02. The predicted molar refractivity (Wildman–Crippen MR) is 74.4 cm³/mol. The highest BCUT2D eigenvalue weighted by molar-refractivity contribution is 6.07. The molecule has 1 saturated heterocycles. The summed E-state index contributed by atoms with van der Waals surface area (Å²) in [6.45, 7) is 2.19. The maximum atomic E-state index is 12.4. The van der Waals surface area contributed by atoms with Crippen LogP contribution in [0.3, 0.4) is 0 Å². The first kappa shape index (κ1) is 14.3. The molecule has 20 heavy (non-hydrogen) atoms. The Bertz CT molecular complexity index is 559. The average Bonchev–Trinajstić information content (AvgIpc) is 2.64. The fourth-order valence-electron chi connectivity index (χ4n) is 2.57. The van der Waals surface area contributed by atoms with Crippen LogP contribution in [0.25, 0.3) is 0 Å². The second-order valence-corrected chi connectivity index (χ2v) is 4.92. The molecule has 3 N–H and O–H groups in total. The molecule has 1 aromatic rings. The quantitative estimate of drug-likeness (QED) is 0.795. The van der Waals surface area contributed by atoms with Crippen LogP contribution in [0.2, 0.25) is 0 Å². The van der Waals surface area contributed by atoms with Gasteiger partial charge < -0.3 is 15.8 Å². The first-order valence-corrected chi connectivity index (χ1v) is 6.41. The molecule has 0 bridgehead atoms. The minimum Gasteiger partial charge on any atom is -0.496 e. The van der Waals surface area contributed by atoms with Gasteiger partial charge in [0.2, 0.25) is 0 Å². The zero-order valence-corrected chi connectivity index (χ0v) is 11.9. The van der Waals surface area contributed by atoms with Crippen molar-refractivity contribution in [2.24, 2.45) is 5.73 Å². The van der Waals surface area contributed by atoms with Gasteiger partial charge in [-0.3, -0.25) is 9.69 Å². The van der Waals surface area contributed by atoms with Gasteiger partial charge in [-0.15, -0.1) is 0 Å². The fraction of sp³-hybridized carbons (Fsp3) is 0.429. The number of urea groups is 1. The predicted octanol–water partition coefficient (Wildman–Crippen LogP) is 0.729. The molecule has 1 atom stereocenters. The number of carbonyl (C=O) groups excluding carboxylic acids is 2. The third-order valence-electron chi connectivity index (χ3n) is 3.70. The standard InChI is InChI=1S/C14H19N3O3/c1-9-8-10(4-5-11(9)20-3)14(6-7-15)12(18)17(2)13(19)16-14/h4-5,8H,6-7,15H2,1-3H3,(H,16,19). The molecule has 6 heteroatoms. The second-order valence-electron chi connectivity index (χ2n) is 4.92. The molecular weight excluding hydrogens is 258 g/mol. The van der Waals surface area contributed by atoms with Gasteiger partial charge in [0.1, 0.15) is 11.3 Å². The fourth-order valence-corrected chi connectivity index (χ4v) is 2.57. The van der Waals surface area contributed by atoms with Gasteiger partial charge >= 0.3 is 6.03 Å². The average molecular weight is 277 g/mol. The van der Waals surface area contributed by atoms with E-state index < -0.39 is 11.6 Å². The van der Waals surface area contributed by atoms with Crippen LogP contribution in [0.4, 0.5) is 4.79 Å². The van der Waals surface area contributed by atoms with E-state index in [4.69, 9.17) is 10.5 Å². The van der Waals surface area contributed by atoms with Crippen LogP contribution in [-0.2, 0) is 10.3 Å². The Morgan fingerprint density at radius 2 is 2.10 bits per heavy atom. The van der Waals surface area contributed by atoms with Crippen LogP contribution >= 0.6 is 0 Å². The summed E-state index contributed by atoms with van der Waals surface area (Å²) in [5.74, 6) is 0.458. The number of nitrogens with two attached hydrogens (primary N) is 1. The molecule has 1 aliphatic rings. The minimum absolute atomic E-state index is 0.280. The number of imide groups is 1. The molecule has 0 radical (unpaired) electrons. The lowest BCUT2D eigenvalue weighted by atomic mass is 9.85. The summed E-state index contributed by atoms with van der Waals surface area (Å²) in [7, 11) is 3.06. The number of carbonyl (C=O) groups is 2.